The molecule has 2 fully saturated rings. The second-order valence-corrected chi connectivity index (χ2v) is 9.38. The molecule has 4 heterocycles. The van der Waals surface area contributed by atoms with Crippen molar-refractivity contribution < 1.29 is 19.2 Å². The van der Waals surface area contributed by atoms with Gasteiger partial charge in [-0.05, 0) is 50.6 Å². The van der Waals surface area contributed by atoms with Crippen LogP contribution in [0.15, 0.2) is 24.4 Å². The maximum Gasteiger partial charge on any atom is 0.276 e. The van der Waals surface area contributed by atoms with Gasteiger partial charge in [0.15, 0.2) is 5.69 Å². The van der Waals surface area contributed by atoms with E-state index in [-0.39, 0.29) is 35.9 Å². The van der Waals surface area contributed by atoms with E-state index in [4.69, 9.17) is 0 Å². The summed E-state index contributed by atoms with van der Waals surface area (Å²) >= 11 is 0. The number of fused-ring (bicyclic) bond motifs is 1. The molecule has 2 saturated heterocycles. The topological polar surface area (TPSA) is 121 Å². The predicted molar refractivity (Wildman–Crippen MR) is 125 cm³/mol. The van der Waals surface area contributed by atoms with Crippen molar-refractivity contribution in [1.29, 1.82) is 0 Å². The second-order valence-electron chi connectivity index (χ2n) is 9.38. The third-order valence-electron chi connectivity index (χ3n) is 7.12. The van der Waals surface area contributed by atoms with Gasteiger partial charge in [0.1, 0.15) is 6.04 Å². The van der Waals surface area contributed by atoms with Gasteiger partial charge in [0, 0.05) is 37.7 Å². The van der Waals surface area contributed by atoms with Gasteiger partial charge in [0.25, 0.3) is 11.8 Å². The number of aromatic nitrogens is 3. The molecule has 1 N–H and O–H groups in total. The van der Waals surface area contributed by atoms with Gasteiger partial charge in [-0.25, -0.2) is 4.68 Å². The summed E-state index contributed by atoms with van der Waals surface area (Å²) in [7, 11) is 0. The van der Waals surface area contributed by atoms with Gasteiger partial charge in [-0.15, -0.1) is 5.10 Å². The quantitative estimate of drug-likeness (QED) is 0.637. The first-order valence-corrected chi connectivity index (χ1v) is 12.1. The Labute approximate surface area is 203 Å². The van der Waals surface area contributed by atoms with E-state index < -0.39 is 11.9 Å². The lowest BCUT2D eigenvalue weighted by Gasteiger charge is -2.29. The number of hydrogen-bond acceptors (Lipinski definition) is 7. The minimum absolute atomic E-state index is 0.0750. The molecule has 0 aliphatic carbocycles. The first kappa shape index (κ1) is 23.2. The molecule has 0 radical (unpaired) electrons. The summed E-state index contributed by atoms with van der Waals surface area (Å²) in [5, 5.41) is 10.6. The fourth-order valence-electron chi connectivity index (χ4n) is 5.16. The zero-order valence-electron chi connectivity index (χ0n) is 19.9. The van der Waals surface area contributed by atoms with Crippen LogP contribution in [0.3, 0.4) is 0 Å². The van der Waals surface area contributed by atoms with Crippen LogP contribution in [0.5, 0.6) is 0 Å². The Bertz CT molecular complexity index is 1190. The van der Waals surface area contributed by atoms with E-state index in [0.29, 0.717) is 30.8 Å². The Morgan fingerprint density at radius 1 is 1.20 bits per heavy atom. The monoisotopic (exact) mass is 479 g/mol. The van der Waals surface area contributed by atoms with Crippen molar-refractivity contribution in [1.82, 2.24) is 35.0 Å². The van der Waals surface area contributed by atoms with Gasteiger partial charge in [0.05, 0.1) is 11.9 Å². The Kier molecular flexibility index (Phi) is 6.10. The number of benzene rings is 1. The third-order valence-corrected chi connectivity index (χ3v) is 7.12. The summed E-state index contributed by atoms with van der Waals surface area (Å²) in [4.78, 5) is 55.7. The summed E-state index contributed by atoms with van der Waals surface area (Å²) in [6.07, 6.45) is 3.03. The van der Waals surface area contributed by atoms with E-state index in [1.807, 2.05) is 17.0 Å². The molecule has 3 aliphatic heterocycles. The fraction of sp³-hybridized carbons (Fsp3) is 0.500. The predicted octanol–water partition coefficient (Wildman–Crippen LogP) is 0.585. The molecule has 2 aromatic rings. The van der Waals surface area contributed by atoms with Crippen LogP contribution in [0.2, 0.25) is 0 Å². The van der Waals surface area contributed by atoms with Crippen molar-refractivity contribution in [2.75, 3.05) is 26.2 Å². The highest BCUT2D eigenvalue weighted by Crippen LogP contribution is 2.29. The summed E-state index contributed by atoms with van der Waals surface area (Å²) < 4.78 is 1.50. The van der Waals surface area contributed by atoms with Gasteiger partial charge < -0.3 is 14.7 Å². The molecule has 4 amide bonds. The van der Waals surface area contributed by atoms with E-state index in [2.05, 4.69) is 34.4 Å². The molecule has 35 heavy (non-hydrogen) atoms. The molecule has 11 nitrogen and oxygen atoms in total. The van der Waals surface area contributed by atoms with Crippen LogP contribution >= 0.6 is 0 Å². The van der Waals surface area contributed by atoms with E-state index in [1.165, 1.54) is 9.58 Å². The van der Waals surface area contributed by atoms with Crippen LogP contribution in [0.1, 0.15) is 59.5 Å². The molecule has 184 valence electrons. The first-order chi connectivity index (χ1) is 16.9. The molecule has 0 spiro atoms. The number of imide groups is 1. The fourth-order valence-corrected chi connectivity index (χ4v) is 5.16. The highest BCUT2D eigenvalue weighted by molar-refractivity contribution is 6.05. The number of likely N-dealkylation sites (N-methyl/N-ethyl adjacent to an activating group) is 1. The molecule has 1 aromatic carbocycles. The molecular weight excluding hydrogens is 450 g/mol. The molecule has 11 heteroatoms. The smallest absolute Gasteiger partial charge is 0.276 e. The van der Waals surface area contributed by atoms with E-state index >= 15 is 0 Å². The molecule has 5 rings (SSSR count). The lowest BCUT2D eigenvalue weighted by Crippen LogP contribution is -2.52. The molecule has 0 bridgehead atoms. The van der Waals surface area contributed by atoms with E-state index in [9.17, 15) is 19.2 Å². The zero-order chi connectivity index (χ0) is 24.7. The molecular formula is C24H29N7O4. The summed E-state index contributed by atoms with van der Waals surface area (Å²) in [5.41, 5.74) is 2.16. The van der Waals surface area contributed by atoms with Crippen LogP contribution in [0, 0.1) is 0 Å². The SMILES string of the molecule is CCN1CCCN(C(=O)c2cn(-c3ccc4c(c3)C(=O)N(C3CCC(=O)NC3=O)C4)nn2)C(C)C1. The van der Waals surface area contributed by atoms with E-state index in [0.717, 1.165) is 31.6 Å². The Morgan fingerprint density at radius 3 is 2.80 bits per heavy atom. The van der Waals surface area contributed by atoms with Crippen molar-refractivity contribution >= 4 is 23.6 Å². The maximum atomic E-state index is 13.2. The highest BCUT2D eigenvalue weighted by atomic mass is 16.2. The summed E-state index contributed by atoms with van der Waals surface area (Å²) in [5.74, 6) is -1.16. The Hall–Kier alpha value is -3.60. The lowest BCUT2D eigenvalue weighted by molar-refractivity contribution is -0.136. The highest BCUT2D eigenvalue weighted by Gasteiger charge is 2.39. The number of carbonyl (C=O) groups is 4. The number of carbonyl (C=O) groups excluding carboxylic acids is 4. The molecule has 2 atom stereocenters. The molecule has 2 unspecified atom stereocenters. The van der Waals surface area contributed by atoms with Crippen LogP contribution in [0.4, 0.5) is 0 Å². The third kappa shape index (κ3) is 4.31. The van der Waals surface area contributed by atoms with Gasteiger partial charge in [-0.3, -0.25) is 24.5 Å². The minimum Gasteiger partial charge on any atom is -0.333 e. The summed E-state index contributed by atoms with van der Waals surface area (Å²) in [6.45, 7) is 7.91. The van der Waals surface area contributed by atoms with Crippen LogP contribution in [-0.4, -0.2) is 91.6 Å². The average molecular weight is 480 g/mol. The Balaban J connectivity index is 1.33. The van der Waals surface area contributed by atoms with E-state index in [1.54, 1.807) is 12.3 Å². The lowest BCUT2D eigenvalue weighted by atomic mass is 10.0. The van der Waals surface area contributed by atoms with Crippen LogP contribution < -0.4 is 5.32 Å². The van der Waals surface area contributed by atoms with Crippen molar-refractivity contribution in [2.24, 2.45) is 0 Å². The van der Waals surface area contributed by atoms with Crippen molar-refractivity contribution in [3.8, 4) is 5.69 Å². The zero-order valence-corrected chi connectivity index (χ0v) is 19.9. The van der Waals surface area contributed by atoms with Crippen molar-refractivity contribution in [3.63, 3.8) is 0 Å². The van der Waals surface area contributed by atoms with Gasteiger partial charge in [0.2, 0.25) is 11.8 Å². The standard InChI is InChI=1S/C24H29N7O4/c1-3-28-9-4-10-29(15(2)12-28)24(35)19-14-31(27-26-19)17-6-5-16-13-30(23(34)18(16)11-17)20-7-8-21(32)25-22(20)33/h5-6,11,14-15,20H,3-4,7-10,12-13H2,1-2H3,(H,25,32,33). The largest absolute Gasteiger partial charge is 0.333 e. The second kappa shape index (κ2) is 9.21. The van der Waals surface area contributed by atoms with Crippen LogP contribution in [-0.2, 0) is 16.1 Å². The first-order valence-electron chi connectivity index (χ1n) is 12.1. The average Bonchev–Trinajstić information content (AvgIpc) is 3.40. The van der Waals surface area contributed by atoms with Crippen LogP contribution in [0.25, 0.3) is 5.69 Å². The number of nitrogens with one attached hydrogen (secondary N) is 1. The molecule has 0 saturated carbocycles. The number of rotatable bonds is 4. The van der Waals surface area contributed by atoms with Crippen molar-refractivity contribution in [3.05, 3.63) is 41.2 Å². The number of hydrogen-bond donors (Lipinski definition) is 1. The van der Waals surface area contributed by atoms with Gasteiger partial charge in [-0.1, -0.05) is 18.2 Å². The normalized spacial score (nSPS) is 23.3. The van der Waals surface area contributed by atoms with Gasteiger partial charge in [-0.2, -0.15) is 0 Å². The molecule has 3 aliphatic rings. The van der Waals surface area contributed by atoms with Crippen molar-refractivity contribution in [2.45, 2.75) is 51.7 Å². The number of piperidine rings is 1. The number of amides is 4. The maximum absolute atomic E-state index is 13.2. The number of nitrogens with zero attached hydrogens (tertiary/aromatic N) is 6. The Morgan fingerprint density at radius 2 is 2.03 bits per heavy atom. The molecule has 1 aromatic heterocycles. The minimum atomic E-state index is -0.661. The van der Waals surface area contributed by atoms with Gasteiger partial charge >= 0.3 is 0 Å². The summed E-state index contributed by atoms with van der Waals surface area (Å²) in [6, 6.07) is 4.77.